The summed E-state index contributed by atoms with van der Waals surface area (Å²) < 4.78 is 5.81. The maximum atomic E-state index is 13.1. The van der Waals surface area contributed by atoms with E-state index in [2.05, 4.69) is 69.8 Å². The lowest BCUT2D eigenvalue weighted by molar-refractivity contribution is -0.0895. The molecule has 5 aliphatic heterocycles. The lowest BCUT2D eigenvalue weighted by atomic mass is 9.54. The molecule has 43 heavy (non-hydrogen) atoms. The number of aliphatic hydroxyl groups is 1. The van der Waals surface area contributed by atoms with E-state index in [1.807, 2.05) is 6.20 Å². The molecule has 3 bridgehead atoms. The van der Waals surface area contributed by atoms with Crippen molar-refractivity contribution in [3.05, 3.63) is 77.9 Å². The van der Waals surface area contributed by atoms with Crippen LogP contribution in [-0.4, -0.2) is 76.9 Å². The second kappa shape index (κ2) is 11.0. The topological polar surface area (TPSA) is 60.9 Å². The number of pyridine rings is 1. The molecular weight excluding hydrogens is 532 g/mol. The van der Waals surface area contributed by atoms with Gasteiger partial charge in [-0.3, -0.25) is 9.88 Å². The third-order valence-electron chi connectivity index (χ3n) is 11.9. The highest BCUT2D eigenvalue weighted by atomic mass is 16.5. The van der Waals surface area contributed by atoms with E-state index in [9.17, 15) is 5.11 Å². The van der Waals surface area contributed by atoms with E-state index in [0.29, 0.717) is 12.0 Å². The maximum Gasteiger partial charge on any atom is 0.119 e. The zero-order valence-electron chi connectivity index (χ0n) is 25.8. The Kier molecular flexibility index (Phi) is 7.15. The summed E-state index contributed by atoms with van der Waals surface area (Å²) in [6.45, 7) is 4.44. The molecule has 0 radical (unpaired) electrons. The monoisotopic (exact) mass is 580 g/mol. The smallest absolute Gasteiger partial charge is 0.119 e. The van der Waals surface area contributed by atoms with Gasteiger partial charge in [0.05, 0.1) is 36.2 Å². The lowest BCUT2D eigenvalue weighted by Gasteiger charge is -2.58. The Morgan fingerprint density at radius 1 is 1.02 bits per heavy atom. The van der Waals surface area contributed by atoms with Gasteiger partial charge in [-0.2, -0.15) is 0 Å². The molecule has 0 amide bonds. The SMILES string of the molecule is COC1=CC=CC2c3ccnc(C4=C[C@@]5(O)CC/C=C\CCCCN6CC[C@@H]4[C@]4(CC7/C=C\CCCCN7[C@H]45)C6)c3NC12. The predicted octanol–water partition coefficient (Wildman–Crippen LogP) is 6.20. The van der Waals surface area contributed by atoms with E-state index in [-0.39, 0.29) is 23.4 Å². The molecule has 7 aliphatic rings. The first kappa shape index (κ1) is 27.8. The van der Waals surface area contributed by atoms with Gasteiger partial charge in [-0.25, -0.2) is 0 Å². The molecule has 2 N–H and O–H groups in total. The van der Waals surface area contributed by atoms with E-state index in [1.165, 1.54) is 43.2 Å². The number of nitrogens with zero attached hydrogens (tertiary/aromatic N) is 3. The largest absolute Gasteiger partial charge is 0.499 e. The second-order valence-electron chi connectivity index (χ2n) is 14.2. The third-order valence-corrected chi connectivity index (χ3v) is 11.9. The first-order chi connectivity index (χ1) is 21.1. The molecule has 8 atom stereocenters. The Morgan fingerprint density at radius 2 is 1.88 bits per heavy atom. The molecule has 228 valence electrons. The summed E-state index contributed by atoms with van der Waals surface area (Å²) >= 11 is 0. The summed E-state index contributed by atoms with van der Waals surface area (Å²) in [6.07, 6.45) is 31.6. The quantitative estimate of drug-likeness (QED) is 0.407. The van der Waals surface area contributed by atoms with Gasteiger partial charge in [-0.15, -0.1) is 0 Å². The number of fused-ring (bicyclic) bond motifs is 5. The van der Waals surface area contributed by atoms with E-state index in [4.69, 9.17) is 9.72 Å². The molecule has 1 aromatic heterocycles. The van der Waals surface area contributed by atoms with Gasteiger partial charge in [0, 0.05) is 30.1 Å². The summed E-state index contributed by atoms with van der Waals surface area (Å²) in [5, 5.41) is 17.0. The molecule has 8 rings (SSSR count). The molecule has 6 heterocycles. The number of aromatic nitrogens is 1. The number of nitrogens with one attached hydrogen (secondary N) is 1. The molecule has 0 saturated carbocycles. The second-order valence-corrected chi connectivity index (χ2v) is 14.2. The molecule has 2 fully saturated rings. The van der Waals surface area contributed by atoms with Gasteiger partial charge >= 0.3 is 0 Å². The van der Waals surface area contributed by atoms with Crippen molar-refractivity contribution in [1.29, 1.82) is 0 Å². The Labute approximate surface area is 257 Å². The molecule has 6 nitrogen and oxygen atoms in total. The van der Waals surface area contributed by atoms with Crippen molar-refractivity contribution >= 4 is 11.3 Å². The van der Waals surface area contributed by atoms with Crippen molar-refractivity contribution in [2.45, 2.75) is 93.9 Å². The number of piperidine rings is 1. The van der Waals surface area contributed by atoms with Crippen molar-refractivity contribution in [2.75, 3.05) is 38.6 Å². The number of methoxy groups -OCH3 is 1. The number of ether oxygens (including phenoxy) is 1. The van der Waals surface area contributed by atoms with Crippen LogP contribution in [0, 0.1) is 11.3 Å². The van der Waals surface area contributed by atoms with Crippen molar-refractivity contribution in [2.24, 2.45) is 11.3 Å². The molecule has 2 aliphatic carbocycles. The van der Waals surface area contributed by atoms with Gasteiger partial charge in [0.1, 0.15) is 5.76 Å². The highest BCUT2D eigenvalue weighted by molar-refractivity contribution is 5.82. The van der Waals surface area contributed by atoms with Crippen molar-refractivity contribution in [3.8, 4) is 0 Å². The van der Waals surface area contributed by atoms with Gasteiger partial charge in [-0.05, 0) is 119 Å². The van der Waals surface area contributed by atoms with Gasteiger partial charge < -0.3 is 20.1 Å². The van der Waals surface area contributed by atoms with Crippen LogP contribution in [0.2, 0.25) is 0 Å². The van der Waals surface area contributed by atoms with Crippen LogP contribution in [0.1, 0.15) is 81.4 Å². The summed E-state index contributed by atoms with van der Waals surface area (Å²) in [5.41, 5.74) is 3.84. The minimum atomic E-state index is -0.914. The number of anilines is 1. The minimum Gasteiger partial charge on any atom is -0.499 e. The Bertz CT molecular complexity index is 1390. The molecule has 2 saturated heterocycles. The molecule has 4 unspecified atom stereocenters. The fourth-order valence-corrected chi connectivity index (χ4v) is 10.2. The van der Waals surface area contributed by atoms with E-state index in [1.54, 1.807) is 7.11 Å². The molecule has 1 aromatic rings. The zero-order valence-corrected chi connectivity index (χ0v) is 25.8. The van der Waals surface area contributed by atoms with Crippen LogP contribution in [0.15, 0.2) is 66.6 Å². The highest BCUT2D eigenvalue weighted by Crippen LogP contribution is 2.62. The van der Waals surface area contributed by atoms with Crippen LogP contribution < -0.4 is 5.32 Å². The van der Waals surface area contributed by atoms with Gasteiger partial charge in [-0.1, -0.05) is 36.5 Å². The Hall–Kier alpha value is -2.67. The molecule has 1 spiro atoms. The van der Waals surface area contributed by atoms with Gasteiger partial charge in [0.15, 0.2) is 0 Å². The van der Waals surface area contributed by atoms with Crippen LogP contribution in [0.4, 0.5) is 5.69 Å². The molecule has 0 aromatic carbocycles. The highest BCUT2D eigenvalue weighted by Gasteiger charge is 2.65. The maximum absolute atomic E-state index is 13.1. The normalized spacial score (nSPS) is 41.7. The van der Waals surface area contributed by atoms with E-state index in [0.717, 1.165) is 75.4 Å². The lowest BCUT2D eigenvalue weighted by Crippen LogP contribution is -2.65. The van der Waals surface area contributed by atoms with Crippen LogP contribution in [0.3, 0.4) is 0 Å². The predicted molar refractivity (Wildman–Crippen MR) is 173 cm³/mol. The first-order valence-corrected chi connectivity index (χ1v) is 17.0. The van der Waals surface area contributed by atoms with Crippen LogP contribution in [0.25, 0.3) is 5.57 Å². The van der Waals surface area contributed by atoms with E-state index < -0.39 is 5.60 Å². The number of hydrogen-bond donors (Lipinski definition) is 2. The summed E-state index contributed by atoms with van der Waals surface area (Å²) in [5.74, 6) is 1.57. The number of hydrogen-bond acceptors (Lipinski definition) is 6. The van der Waals surface area contributed by atoms with Crippen LogP contribution in [0.5, 0.6) is 0 Å². The van der Waals surface area contributed by atoms with Gasteiger partial charge in [0.2, 0.25) is 0 Å². The van der Waals surface area contributed by atoms with Crippen molar-refractivity contribution in [3.63, 3.8) is 0 Å². The van der Waals surface area contributed by atoms with Crippen molar-refractivity contribution in [1.82, 2.24) is 14.8 Å². The fraction of sp³-hybridized carbons (Fsp3) is 0.595. The molecule has 6 heteroatoms. The molecular formula is C37H48N4O2. The average Bonchev–Trinajstić information content (AvgIpc) is 3.53. The van der Waals surface area contributed by atoms with Gasteiger partial charge in [0.25, 0.3) is 0 Å². The number of rotatable bonds is 2. The zero-order chi connectivity index (χ0) is 29.0. The van der Waals surface area contributed by atoms with E-state index >= 15 is 0 Å². The minimum absolute atomic E-state index is 0.0124. The standard InChI is InChI=1S/C37H48N4O2/c1-43-31-15-12-14-27-28-16-19-38-33(34(28)39-32(27)31)29-24-37(42)18-9-5-2-3-6-10-20-40-22-17-30(29)36(25-40)23-26-13-8-4-7-11-21-41(26)35(36)37/h2,5,8,12-16,19,24,26-27,30,32,35,39,42H,3-4,6-7,9-11,17-18,20-23,25H2,1H3/b5-2-,13-8-/t26?,27?,30-,32?,35+,36-,37-/m0/s1. The fourth-order valence-electron chi connectivity index (χ4n) is 10.2. The van der Waals surface area contributed by atoms with Crippen LogP contribution >= 0.6 is 0 Å². The number of allylic oxidation sites excluding steroid dienone is 6. The average molecular weight is 581 g/mol. The summed E-state index contributed by atoms with van der Waals surface area (Å²) in [6, 6.07) is 2.79. The van der Waals surface area contributed by atoms with Crippen LogP contribution in [-0.2, 0) is 4.74 Å². The summed E-state index contributed by atoms with van der Waals surface area (Å²) in [7, 11) is 1.77. The van der Waals surface area contributed by atoms with Crippen molar-refractivity contribution < 1.29 is 9.84 Å². The third kappa shape index (κ3) is 4.50. The Balaban J connectivity index is 1.29. The summed E-state index contributed by atoms with van der Waals surface area (Å²) in [4.78, 5) is 10.7. The Morgan fingerprint density at radius 3 is 2.79 bits per heavy atom. The first-order valence-electron chi connectivity index (χ1n) is 17.0.